The largest absolute Gasteiger partial charge is 0.462 e. The molecule has 3 heterocycles. The molecule has 2 aliphatic rings. The van der Waals surface area contributed by atoms with Gasteiger partial charge in [-0.3, -0.25) is 24.1 Å². The number of aromatic nitrogens is 1. The Morgan fingerprint density at radius 3 is 2.63 bits per heavy atom. The number of ether oxygens (including phenoxy) is 3. The second-order valence-corrected chi connectivity index (χ2v) is 9.71. The summed E-state index contributed by atoms with van der Waals surface area (Å²) in [6, 6.07) is -0.995. The normalized spacial score (nSPS) is 19.8. The lowest BCUT2D eigenvalue weighted by atomic mass is 10.0. The van der Waals surface area contributed by atoms with Gasteiger partial charge in [0.15, 0.2) is 10.8 Å². The average Bonchev–Trinajstić information content (AvgIpc) is 3.27. The lowest BCUT2D eigenvalue weighted by Crippen LogP contribution is -2.71. The molecule has 1 aromatic rings. The molecule has 204 valence electrons. The van der Waals surface area contributed by atoms with Gasteiger partial charge in [0.05, 0.1) is 0 Å². The fourth-order valence-corrected chi connectivity index (χ4v) is 5.35. The summed E-state index contributed by atoms with van der Waals surface area (Å²) in [6.07, 6.45) is 1.84. The number of nitrogens with zero attached hydrogens (tertiary/aromatic N) is 3. The summed E-state index contributed by atoms with van der Waals surface area (Å²) in [5, 5.41) is 7.41. The van der Waals surface area contributed by atoms with Gasteiger partial charge in [0.2, 0.25) is 6.29 Å². The van der Waals surface area contributed by atoms with Crippen LogP contribution in [-0.2, 0) is 43.0 Å². The van der Waals surface area contributed by atoms with E-state index < -0.39 is 47.4 Å². The zero-order valence-electron chi connectivity index (χ0n) is 20.8. The molecule has 38 heavy (non-hydrogen) atoms. The number of anilines is 1. The number of nitrogen functional groups attached to an aromatic ring is 1. The Balaban J connectivity index is 1.82. The van der Waals surface area contributed by atoms with E-state index in [0.29, 0.717) is 5.57 Å². The third-order valence-electron chi connectivity index (χ3n) is 4.95. The van der Waals surface area contributed by atoms with Crippen molar-refractivity contribution in [1.29, 1.82) is 0 Å². The second-order valence-electron chi connectivity index (χ2n) is 7.72. The van der Waals surface area contributed by atoms with Crippen LogP contribution in [-0.4, -0.2) is 82.5 Å². The molecular weight excluding hydrogens is 542 g/mol. The van der Waals surface area contributed by atoms with E-state index in [2.05, 4.69) is 15.5 Å². The summed E-state index contributed by atoms with van der Waals surface area (Å²) in [4.78, 5) is 71.4. The Morgan fingerprint density at radius 2 is 2.03 bits per heavy atom. The number of thiazole rings is 1. The number of esters is 3. The highest BCUT2D eigenvalue weighted by Gasteiger charge is 2.54. The van der Waals surface area contributed by atoms with E-state index in [9.17, 15) is 24.0 Å². The van der Waals surface area contributed by atoms with Crippen LogP contribution < -0.4 is 11.1 Å². The van der Waals surface area contributed by atoms with Gasteiger partial charge < -0.3 is 30.1 Å². The smallest absolute Gasteiger partial charge is 0.358 e. The van der Waals surface area contributed by atoms with Crippen molar-refractivity contribution in [1.82, 2.24) is 15.2 Å². The number of β-lactam (4-membered cyclic amide) rings is 1. The van der Waals surface area contributed by atoms with Crippen LogP contribution in [0.2, 0.25) is 0 Å². The predicted octanol–water partition coefficient (Wildman–Crippen LogP) is 0.301. The number of allylic oxidation sites excluding steroid dienone is 1. The second kappa shape index (κ2) is 12.6. The number of hydrogen-bond donors (Lipinski definition) is 2. The highest BCUT2D eigenvalue weighted by atomic mass is 32.2. The summed E-state index contributed by atoms with van der Waals surface area (Å²) in [5.74, 6) is -3.09. The van der Waals surface area contributed by atoms with Crippen LogP contribution in [0.4, 0.5) is 5.13 Å². The van der Waals surface area contributed by atoms with E-state index >= 15 is 0 Å². The molecule has 1 fully saturated rings. The third-order valence-corrected chi connectivity index (χ3v) is 6.92. The SMILES string of the molecule is CO/N=C(\C(=O)N[C@@H]1C(=O)N2C(C(=O)OC(C)OC(C)=O)=C(/C=C\COC(C)=O)CS[C@@H]12)c1csc(N)n1. The molecule has 3 atom stereocenters. The van der Waals surface area contributed by atoms with Crippen LogP contribution in [0.1, 0.15) is 26.5 Å². The van der Waals surface area contributed by atoms with Crippen molar-refractivity contribution < 1.29 is 43.0 Å². The number of carbonyl (C=O) groups excluding carboxylic acids is 5. The number of fused-ring (bicyclic) bond motifs is 1. The van der Waals surface area contributed by atoms with Crippen LogP contribution >= 0.6 is 23.1 Å². The maximum atomic E-state index is 13.2. The number of amides is 2. The molecule has 2 aliphatic heterocycles. The zero-order chi connectivity index (χ0) is 28.0. The third kappa shape index (κ3) is 6.69. The lowest BCUT2D eigenvalue weighted by Gasteiger charge is -2.49. The van der Waals surface area contributed by atoms with Crippen LogP contribution in [0.15, 0.2) is 34.0 Å². The van der Waals surface area contributed by atoms with E-state index in [0.717, 1.165) is 18.3 Å². The molecule has 3 N–H and O–H groups in total. The standard InChI is InChI=1S/C22H25N5O9S2/c1-10(28)34-7-5-6-13-8-37-20-16(25-18(30)15(26-33-4)14-9-38-22(23)24-14)19(31)27(20)17(13)21(32)36-12(3)35-11(2)29/h5-6,9,12,16,20H,7-8H2,1-4H3,(H2,23,24)(H,25,30)/b6-5-,26-15-/t12?,16-,20+/m1/s1. The molecule has 0 aliphatic carbocycles. The molecule has 14 nitrogen and oxygen atoms in total. The van der Waals surface area contributed by atoms with Gasteiger partial charge >= 0.3 is 17.9 Å². The Hall–Kier alpha value is -3.92. The van der Waals surface area contributed by atoms with Gasteiger partial charge in [0.1, 0.15) is 36.5 Å². The van der Waals surface area contributed by atoms with E-state index in [4.69, 9.17) is 24.8 Å². The molecule has 0 radical (unpaired) electrons. The molecule has 0 bridgehead atoms. The molecule has 16 heteroatoms. The summed E-state index contributed by atoms with van der Waals surface area (Å²) >= 11 is 2.39. The number of hydrogen-bond acceptors (Lipinski definition) is 14. The minimum absolute atomic E-state index is 0.0471. The molecule has 1 aromatic heterocycles. The van der Waals surface area contributed by atoms with Gasteiger partial charge in [0.25, 0.3) is 11.8 Å². The Kier molecular flexibility index (Phi) is 9.46. The molecular formula is C22H25N5O9S2. The number of thioether (sulfide) groups is 1. The Labute approximate surface area is 225 Å². The number of oxime groups is 1. The first-order chi connectivity index (χ1) is 18.0. The van der Waals surface area contributed by atoms with E-state index in [1.165, 1.54) is 55.2 Å². The summed E-state index contributed by atoms with van der Waals surface area (Å²) in [6.45, 7) is 3.72. The van der Waals surface area contributed by atoms with E-state index in [1.807, 2.05) is 0 Å². The highest BCUT2D eigenvalue weighted by molar-refractivity contribution is 8.00. The van der Waals surface area contributed by atoms with Gasteiger partial charge in [-0.15, -0.1) is 23.1 Å². The minimum Gasteiger partial charge on any atom is -0.462 e. The molecule has 0 aromatic carbocycles. The summed E-state index contributed by atoms with van der Waals surface area (Å²) in [5.41, 5.74) is 5.98. The molecule has 0 spiro atoms. The minimum atomic E-state index is -1.21. The zero-order valence-corrected chi connectivity index (χ0v) is 22.4. The van der Waals surface area contributed by atoms with Crippen LogP contribution in [0.5, 0.6) is 0 Å². The van der Waals surface area contributed by atoms with Crippen molar-refractivity contribution in [2.45, 2.75) is 38.5 Å². The van der Waals surface area contributed by atoms with Crippen molar-refractivity contribution in [3.05, 3.63) is 34.5 Å². The molecule has 0 saturated carbocycles. The molecule has 2 amide bonds. The van der Waals surface area contributed by atoms with Crippen molar-refractivity contribution in [2.75, 3.05) is 25.2 Å². The maximum Gasteiger partial charge on any atom is 0.358 e. The van der Waals surface area contributed by atoms with Crippen LogP contribution in [0.3, 0.4) is 0 Å². The molecule has 1 unspecified atom stereocenters. The van der Waals surface area contributed by atoms with Crippen molar-refractivity contribution in [3.63, 3.8) is 0 Å². The fraction of sp³-hybridized carbons (Fsp3) is 0.409. The van der Waals surface area contributed by atoms with Gasteiger partial charge in [-0.25, -0.2) is 9.78 Å². The first-order valence-electron chi connectivity index (χ1n) is 11.0. The van der Waals surface area contributed by atoms with Crippen molar-refractivity contribution >= 4 is 63.7 Å². The van der Waals surface area contributed by atoms with Crippen LogP contribution in [0.25, 0.3) is 0 Å². The topological polar surface area (TPSA) is 189 Å². The first-order valence-corrected chi connectivity index (χ1v) is 13.0. The monoisotopic (exact) mass is 567 g/mol. The highest BCUT2D eigenvalue weighted by Crippen LogP contribution is 2.41. The maximum absolute atomic E-state index is 13.2. The number of nitrogens with two attached hydrogens (primary N) is 1. The van der Waals surface area contributed by atoms with Gasteiger partial charge in [-0.2, -0.15) is 0 Å². The van der Waals surface area contributed by atoms with Gasteiger partial charge in [-0.1, -0.05) is 11.2 Å². The Morgan fingerprint density at radius 1 is 1.29 bits per heavy atom. The quantitative estimate of drug-likeness (QED) is 0.130. The first kappa shape index (κ1) is 28.6. The van der Waals surface area contributed by atoms with Crippen LogP contribution in [0, 0.1) is 0 Å². The van der Waals surface area contributed by atoms with E-state index in [-0.39, 0.29) is 34.6 Å². The summed E-state index contributed by atoms with van der Waals surface area (Å²) in [7, 11) is 1.26. The predicted molar refractivity (Wildman–Crippen MR) is 135 cm³/mol. The van der Waals surface area contributed by atoms with E-state index in [1.54, 1.807) is 0 Å². The fourth-order valence-electron chi connectivity index (χ4n) is 3.48. The number of rotatable bonds is 10. The summed E-state index contributed by atoms with van der Waals surface area (Å²) < 4.78 is 15.0. The number of nitrogens with one attached hydrogen (secondary N) is 1. The Bertz CT molecular complexity index is 1230. The number of carbonyl (C=O) groups is 5. The van der Waals surface area contributed by atoms with Crippen molar-refractivity contribution in [2.24, 2.45) is 5.16 Å². The molecule has 1 saturated heterocycles. The van der Waals surface area contributed by atoms with Crippen molar-refractivity contribution in [3.8, 4) is 0 Å². The van der Waals surface area contributed by atoms with Gasteiger partial charge in [0, 0.05) is 31.9 Å². The lowest BCUT2D eigenvalue weighted by molar-refractivity contribution is -0.182. The van der Waals surface area contributed by atoms with Gasteiger partial charge in [-0.05, 0) is 11.6 Å². The average molecular weight is 568 g/mol. The molecule has 3 rings (SSSR count).